The predicted octanol–water partition coefficient (Wildman–Crippen LogP) is 4.05. The SMILES string of the molecule is Cc1cc(S(=O)(=O)Nc2ccc(C(=O)NCCc3ccc(F)cc3)cc2)ccc1F. The van der Waals surface area contributed by atoms with Gasteiger partial charge in [0.15, 0.2) is 0 Å². The van der Waals surface area contributed by atoms with Gasteiger partial charge in [-0.3, -0.25) is 9.52 Å². The van der Waals surface area contributed by atoms with Crippen LogP contribution in [0.2, 0.25) is 0 Å². The highest BCUT2D eigenvalue weighted by atomic mass is 32.2. The first kappa shape index (κ1) is 21.4. The van der Waals surface area contributed by atoms with Crippen LogP contribution in [0.3, 0.4) is 0 Å². The van der Waals surface area contributed by atoms with Gasteiger partial charge in [0.25, 0.3) is 15.9 Å². The van der Waals surface area contributed by atoms with Crippen molar-refractivity contribution in [1.82, 2.24) is 5.32 Å². The first-order valence-electron chi connectivity index (χ1n) is 9.16. The molecule has 0 saturated carbocycles. The van der Waals surface area contributed by atoms with Gasteiger partial charge in [-0.05, 0) is 79.1 Å². The van der Waals surface area contributed by atoms with E-state index in [4.69, 9.17) is 0 Å². The second-order valence-corrected chi connectivity index (χ2v) is 8.41. The molecule has 5 nitrogen and oxygen atoms in total. The van der Waals surface area contributed by atoms with Crippen molar-refractivity contribution < 1.29 is 22.0 Å². The highest BCUT2D eigenvalue weighted by Crippen LogP contribution is 2.19. The molecule has 0 aliphatic heterocycles. The molecular weight excluding hydrogens is 410 g/mol. The van der Waals surface area contributed by atoms with Crippen LogP contribution in [0.1, 0.15) is 21.5 Å². The zero-order valence-electron chi connectivity index (χ0n) is 16.2. The van der Waals surface area contributed by atoms with Gasteiger partial charge in [-0.1, -0.05) is 12.1 Å². The average Bonchev–Trinajstić information content (AvgIpc) is 2.71. The molecule has 0 atom stereocenters. The largest absolute Gasteiger partial charge is 0.352 e. The molecule has 3 aromatic carbocycles. The molecule has 0 fully saturated rings. The van der Waals surface area contributed by atoms with Crippen LogP contribution < -0.4 is 10.0 Å². The Hall–Kier alpha value is -3.26. The van der Waals surface area contributed by atoms with Crippen molar-refractivity contribution in [2.24, 2.45) is 0 Å². The number of carbonyl (C=O) groups is 1. The lowest BCUT2D eigenvalue weighted by atomic mass is 10.1. The van der Waals surface area contributed by atoms with E-state index in [1.807, 2.05) is 0 Å². The van der Waals surface area contributed by atoms with E-state index in [9.17, 15) is 22.0 Å². The fourth-order valence-corrected chi connectivity index (χ4v) is 3.90. The lowest BCUT2D eigenvalue weighted by Gasteiger charge is -2.10. The molecule has 2 N–H and O–H groups in total. The van der Waals surface area contributed by atoms with E-state index in [1.54, 1.807) is 12.1 Å². The number of carbonyl (C=O) groups excluding carboxylic acids is 1. The number of aryl methyl sites for hydroxylation is 1. The van der Waals surface area contributed by atoms with Crippen molar-refractivity contribution in [3.63, 3.8) is 0 Å². The zero-order chi connectivity index (χ0) is 21.7. The molecule has 0 aliphatic carbocycles. The van der Waals surface area contributed by atoms with Crippen LogP contribution in [-0.2, 0) is 16.4 Å². The van der Waals surface area contributed by atoms with Crippen molar-refractivity contribution >= 4 is 21.6 Å². The van der Waals surface area contributed by atoms with Gasteiger partial charge >= 0.3 is 0 Å². The van der Waals surface area contributed by atoms with Crippen LogP contribution in [0, 0.1) is 18.6 Å². The second-order valence-electron chi connectivity index (χ2n) is 6.73. The molecule has 1 amide bonds. The standard InChI is InChI=1S/C22H20F2N2O3S/c1-15-14-20(10-11-21(15)24)30(28,29)26-19-8-4-17(5-9-19)22(27)25-13-12-16-2-6-18(23)7-3-16/h2-11,14,26H,12-13H2,1H3,(H,25,27). The predicted molar refractivity (Wildman–Crippen MR) is 111 cm³/mol. The second kappa shape index (κ2) is 9.04. The third kappa shape index (κ3) is 5.42. The maximum atomic E-state index is 13.4. The summed E-state index contributed by atoms with van der Waals surface area (Å²) in [7, 11) is -3.88. The maximum Gasteiger partial charge on any atom is 0.261 e. The summed E-state index contributed by atoms with van der Waals surface area (Å²) in [5.41, 5.74) is 1.78. The van der Waals surface area contributed by atoms with Gasteiger partial charge in [-0.2, -0.15) is 0 Å². The summed E-state index contributed by atoms with van der Waals surface area (Å²) < 4.78 is 53.6. The number of hydrogen-bond acceptors (Lipinski definition) is 3. The van der Waals surface area contributed by atoms with Crippen LogP contribution in [0.25, 0.3) is 0 Å². The summed E-state index contributed by atoms with van der Waals surface area (Å²) in [6.07, 6.45) is 0.557. The third-order valence-corrected chi connectivity index (χ3v) is 5.83. The minimum absolute atomic E-state index is 0.0518. The molecule has 0 saturated heterocycles. The van der Waals surface area contributed by atoms with Crippen LogP contribution in [0.4, 0.5) is 14.5 Å². The highest BCUT2D eigenvalue weighted by Gasteiger charge is 2.16. The molecule has 0 bridgehead atoms. The van der Waals surface area contributed by atoms with Crippen LogP contribution in [0.5, 0.6) is 0 Å². The van der Waals surface area contributed by atoms with E-state index < -0.39 is 15.8 Å². The number of amides is 1. The van der Waals surface area contributed by atoms with Crippen LogP contribution in [-0.4, -0.2) is 20.9 Å². The summed E-state index contributed by atoms with van der Waals surface area (Å²) in [4.78, 5) is 12.2. The highest BCUT2D eigenvalue weighted by molar-refractivity contribution is 7.92. The average molecular weight is 430 g/mol. The summed E-state index contributed by atoms with van der Waals surface area (Å²) in [5.74, 6) is -1.10. The lowest BCUT2D eigenvalue weighted by molar-refractivity contribution is 0.0954. The van der Waals surface area contributed by atoms with Gasteiger partial charge in [0.2, 0.25) is 0 Å². The summed E-state index contributed by atoms with van der Waals surface area (Å²) in [6, 6.07) is 15.5. The molecule has 0 aliphatic rings. The van der Waals surface area contributed by atoms with Gasteiger partial charge in [0, 0.05) is 17.8 Å². The first-order valence-corrected chi connectivity index (χ1v) is 10.6. The Labute approximate surface area is 173 Å². The fourth-order valence-electron chi connectivity index (χ4n) is 2.76. The lowest BCUT2D eigenvalue weighted by Crippen LogP contribution is -2.25. The summed E-state index contributed by atoms with van der Waals surface area (Å²) in [6.45, 7) is 1.86. The van der Waals surface area contributed by atoms with Gasteiger partial charge in [0.1, 0.15) is 11.6 Å². The third-order valence-electron chi connectivity index (χ3n) is 4.45. The Balaban J connectivity index is 1.59. The number of nitrogens with one attached hydrogen (secondary N) is 2. The van der Waals surface area contributed by atoms with E-state index >= 15 is 0 Å². The number of rotatable bonds is 7. The molecule has 156 valence electrons. The van der Waals surface area contributed by atoms with Crippen molar-refractivity contribution in [3.8, 4) is 0 Å². The molecule has 3 aromatic rings. The Morgan fingerprint density at radius 3 is 2.23 bits per heavy atom. The fraction of sp³-hybridized carbons (Fsp3) is 0.136. The quantitative estimate of drug-likeness (QED) is 0.594. The zero-order valence-corrected chi connectivity index (χ0v) is 17.0. The van der Waals surface area contributed by atoms with E-state index in [0.29, 0.717) is 18.5 Å². The summed E-state index contributed by atoms with van der Waals surface area (Å²) in [5, 5.41) is 2.76. The molecular formula is C22H20F2N2O3S. The molecule has 0 radical (unpaired) electrons. The number of halogens is 2. The van der Waals surface area contributed by atoms with Gasteiger partial charge in [-0.25, -0.2) is 17.2 Å². The van der Waals surface area contributed by atoms with E-state index in [0.717, 1.165) is 11.6 Å². The Morgan fingerprint density at radius 1 is 0.933 bits per heavy atom. The van der Waals surface area contributed by atoms with Crippen LogP contribution in [0.15, 0.2) is 71.6 Å². The Bertz CT molecular complexity index is 1150. The Morgan fingerprint density at radius 2 is 1.60 bits per heavy atom. The number of anilines is 1. The number of sulfonamides is 1. The smallest absolute Gasteiger partial charge is 0.261 e. The molecule has 30 heavy (non-hydrogen) atoms. The van der Waals surface area contributed by atoms with Gasteiger partial charge in [-0.15, -0.1) is 0 Å². The Kier molecular flexibility index (Phi) is 6.47. The monoisotopic (exact) mass is 430 g/mol. The minimum atomic E-state index is -3.88. The van der Waals surface area contributed by atoms with Crippen molar-refractivity contribution in [1.29, 1.82) is 0 Å². The van der Waals surface area contributed by atoms with E-state index in [1.165, 1.54) is 55.5 Å². The van der Waals surface area contributed by atoms with E-state index in [-0.39, 0.29) is 27.9 Å². The van der Waals surface area contributed by atoms with Crippen molar-refractivity contribution in [3.05, 3.63) is 95.1 Å². The maximum absolute atomic E-state index is 13.4. The van der Waals surface area contributed by atoms with Crippen molar-refractivity contribution in [2.45, 2.75) is 18.2 Å². The molecule has 0 heterocycles. The topological polar surface area (TPSA) is 75.3 Å². The number of benzene rings is 3. The molecule has 3 rings (SSSR count). The van der Waals surface area contributed by atoms with Crippen LogP contribution >= 0.6 is 0 Å². The molecule has 0 unspecified atom stereocenters. The van der Waals surface area contributed by atoms with E-state index in [2.05, 4.69) is 10.0 Å². The minimum Gasteiger partial charge on any atom is -0.352 e. The molecule has 8 heteroatoms. The van der Waals surface area contributed by atoms with Crippen molar-refractivity contribution in [2.75, 3.05) is 11.3 Å². The normalized spacial score (nSPS) is 11.2. The summed E-state index contributed by atoms with van der Waals surface area (Å²) >= 11 is 0. The number of hydrogen-bond donors (Lipinski definition) is 2. The first-order chi connectivity index (χ1) is 14.2. The molecule has 0 aromatic heterocycles. The van der Waals surface area contributed by atoms with Gasteiger partial charge in [0.05, 0.1) is 4.90 Å². The molecule has 0 spiro atoms. The van der Waals surface area contributed by atoms with Gasteiger partial charge < -0.3 is 5.32 Å².